The summed E-state index contributed by atoms with van der Waals surface area (Å²) in [6, 6.07) is 5.53. The fraction of sp³-hybridized carbons (Fsp3) is 0.462. The van der Waals surface area contributed by atoms with Crippen molar-refractivity contribution in [2.24, 2.45) is 0 Å². The van der Waals surface area contributed by atoms with E-state index in [0.29, 0.717) is 11.7 Å². The summed E-state index contributed by atoms with van der Waals surface area (Å²) in [5, 5.41) is 9.14. The van der Waals surface area contributed by atoms with Crippen molar-refractivity contribution in [3.8, 4) is 5.75 Å². The van der Waals surface area contributed by atoms with E-state index in [1.807, 2.05) is 6.07 Å². The maximum atomic E-state index is 11.1. The van der Waals surface area contributed by atoms with Gasteiger partial charge in [-0.2, -0.15) is 0 Å². The van der Waals surface area contributed by atoms with Crippen molar-refractivity contribution >= 4 is 29.0 Å². The highest BCUT2D eigenvalue weighted by Gasteiger charge is 2.19. The third-order valence-electron chi connectivity index (χ3n) is 3.39. The van der Waals surface area contributed by atoms with Crippen LogP contribution in [0, 0.1) is 0 Å². The first-order valence-electron chi connectivity index (χ1n) is 5.88. The second-order valence-electron chi connectivity index (χ2n) is 4.47. The molecule has 0 unspecified atom stereocenters. The topological polar surface area (TPSA) is 46.5 Å². The highest BCUT2D eigenvalue weighted by Crippen LogP contribution is 2.34. The molecule has 2 rings (SSSR count). The molecule has 1 N–H and O–H groups in total. The van der Waals surface area contributed by atoms with Crippen LogP contribution < -0.4 is 3.07 Å². The fourth-order valence-corrected chi connectivity index (χ4v) is 2.86. The zero-order chi connectivity index (χ0) is 12.3. The lowest BCUT2D eigenvalue weighted by Gasteiger charge is -2.22. The van der Waals surface area contributed by atoms with Gasteiger partial charge in [-0.05, 0) is 36.5 Å². The van der Waals surface area contributed by atoms with Crippen LogP contribution in [0.4, 0.5) is 0 Å². The number of carboxylic acid groups (broad SMARTS) is 1. The Hall–Kier alpha value is -0.780. The zero-order valence-electron chi connectivity index (χ0n) is 9.49. The van der Waals surface area contributed by atoms with Crippen LogP contribution in [0.1, 0.15) is 53.9 Å². The van der Waals surface area contributed by atoms with Crippen molar-refractivity contribution in [3.63, 3.8) is 0 Å². The van der Waals surface area contributed by atoms with E-state index in [1.165, 1.54) is 32.1 Å². The summed E-state index contributed by atoms with van der Waals surface area (Å²) in [5.41, 5.74) is 1.40. The van der Waals surface area contributed by atoms with Crippen LogP contribution in [-0.2, 0) is 0 Å². The van der Waals surface area contributed by atoms with Crippen LogP contribution >= 0.6 is 23.0 Å². The van der Waals surface area contributed by atoms with Crippen LogP contribution in [-0.4, -0.2) is 11.1 Å². The van der Waals surface area contributed by atoms with Gasteiger partial charge in [0.1, 0.15) is 11.3 Å². The van der Waals surface area contributed by atoms with Gasteiger partial charge in [0, 0.05) is 0 Å². The molecular weight excluding hydrogens is 331 g/mol. The number of hydrogen-bond donors (Lipinski definition) is 1. The molecule has 0 saturated heterocycles. The molecule has 1 saturated carbocycles. The average molecular weight is 346 g/mol. The normalized spacial score (nSPS) is 16.8. The smallest absolute Gasteiger partial charge is 0.339 e. The van der Waals surface area contributed by atoms with Crippen molar-refractivity contribution < 1.29 is 13.0 Å². The third kappa shape index (κ3) is 2.91. The molecule has 0 spiro atoms. The molecule has 3 nitrogen and oxygen atoms in total. The van der Waals surface area contributed by atoms with E-state index >= 15 is 0 Å². The SMILES string of the molecule is O=C(O)c1cc(C2CCCCC2)ccc1OI. The Morgan fingerprint density at radius 3 is 2.59 bits per heavy atom. The molecular formula is C13H15IO3. The van der Waals surface area contributed by atoms with E-state index in [-0.39, 0.29) is 5.56 Å². The lowest BCUT2D eigenvalue weighted by molar-refractivity contribution is 0.0695. The van der Waals surface area contributed by atoms with Gasteiger partial charge in [-0.3, -0.25) is 0 Å². The molecule has 0 aliphatic heterocycles. The predicted octanol–water partition coefficient (Wildman–Crippen LogP) is 4.16. The van der Waals surface area contributed by atoms with Gasteiger partial charge in [-0.25, -0.2) is 4.79 Å². The highest BCUT2D eigenvalue weighted by atomic mass is 127. The number of rotatable bonds is 3. The van der Waals surface area contributed by atoms with Crippen LogP contribution in [0.2, 0.25) is 0 Å². The highest BCUT2D eigenvalue weighted by molar-refractivity contribution is 14.1. The molecule has 0 atom stereocenters. The number of carbonyl (C=O) groups is 1. The van der Waals surface area contributed by atoms with Crippen molar-refractivity contribution in [1.29, 1.82) is 0 Å². The van der Waals surface area contributed by atoms with Crippen molar-refractivity contribution in [3.05, 3.63) is 29.3 Å². The van der Waals surface area contributed by atoms with Crippen LogP contribution in [0.3, 0.4) is 0 Å². The Morgan fingerprint density at radius 1 is 1.29 bits per heavy atom. The van der Waals surface area contributed by atoms with Gasteiger partial charge >= 0.3 is 5.97 Å². The van der Waals surface area contributed by atoms with E-state index < -0.39 is 5.97 Å². The molecule has 1 aliphatic carbocycles. The Labute approximate surface area is 115 Å². The van der Waals surface area contributed by atoms with Crippen molar-refractivity contribution in [2.45, 2.75) is 38.0 Å². The van der Waals surface area contributed by atoms with E-state index in [4.69, 9.17) is 8.17 Å². The van der Waals surface area contributed by atoms with Gasteiger partial charge in [0.15, 0.2) is 23.0 Å². The van der Waals surface area contributed by atoms with Crippen LogP contribution in [0.25, 0.3) is 0 Å². The lowest BCUT2D eigenvalue weighted by atomic mass is 9.83. The van der Waals surface area contributed by atoms with Crippen LogP contribution in [0.15, 0.2) is 18.2 Å². The number of aromatic carboxylic acids is 1. The summed E-state index contributed by atoms with van der Waals surface area (Å²) in [6.07, 6.45) is 6.14. The maximum absolute atomic E-state index is 11.1. The van der Waals surface area contributed by atoms with Gasteiger partial charge < -0.3 is 8.17 Å². The number of halogens is 1. The van der Waals surface area contributed by atoms with E-state index in [2.05, 4.69) is 0 Å². The summed E-state index contributed by atoms with van der Waals surface area (Å²) in [4.78, 5) is 11.1. The summed E-state index contributed by atoms with van der Waals surface area (Å²) < 4.78 is 5.04. The van der Waals surface area contributed by atoms with Crippen LogP contribution in [0.5, 0.6) is 5.75 Å². The standard InChI is InChI=1S/C13H15IO3/c14-17-12-7-6-10(8-11(12)13(15)16)9-4-2-1-3-5-9/h6-9H,1-5H2,(H,15,16). The molecule has 92 valence electrons. The zero-order valence-corrected chi connectivity index (χ0v) is 11.6. The van der Waals surface area contributed by atoms with Gasteiger partial charge in [0.05, 0.1) is 0 Å². The summed E-state index contributed by atoms with van der Waals surface area (Å²) >= 11 is 1.72. The summed E-state index contributed by atoms with van der Waals surface area (Å²) in [7, 11) is 0. The molecule has 0 aromatic heterocycles. The molecule has 0 amide bonds. The van der Waals surface area contributed by atoms with E-state index in [9.17, 15) is 4.79 Å². The van der Waals surface area contributed by atoms with Gasteiger partial charge in [-0.15, -0.1) is 0 Å². The first-order chi connectivity index (χ1) is 8.22. The van der Waals surface area contributed by atoms with Crippen molar-refractivity contribution in [2.75, 3.05) is 0 Å². The second kappa shape index (κ2) is 5.71. The summed E-state index contributed by atoms with van der Waals surface area (Å²) in [5.74, 6) is 0.0251. The Bertz CT molecular complexity index is 411. The Kier molecular flexibility index (Phi) is 4.25. The van der Waals surface area contributed by atoms with E-state index in [1.54, 1.807) is 35.1 Å². The first kappa shape index (κ1) is 12.7. The van der Waals surface area contributed by atoms with Crippen molar-refractivity contribution in [1.82, 2.24) is 0 Å². The number of carboxylic acids is 1. The molecule has 0 radical (unpaired) electrons. The minimum Gasteiger partial charge on any atom is -0.478 e. The predicted molar refractivity (Wildman–Crippen MR) is 73.9 cm³/mol. The monoisotopic (exact) mass is 346 g/mol. The molecule has 1 aromatic carbocycles. The average Bonchev–Trinajstić information content (AvgIpc) is 2.39. The number of benzene rings is 1. The molecule has 1 aromatic rings. The minimum absolute atomic E-state index is 0.266. The quantitative estimate of drug-likeness (QED) is 0.836. The molecule has 0 heterocycles. The van der Waals surface area contributed by atoms with E-state index in [0.717, 1.165) is 5.56 Å². The molecule has 1 aliphatic rings. The van der Waals surface area contributed by atoms with Gasteiger partial charge in [0.25, 0.3) is 0 Å². The molecule has 4 heteroatoms. The number of hydrogen-bond acceptors (Lipinski definition) is 2. The molecule has 17 heavy (non-hydrogen) atoms. The minimum atomic E-state index is -0.922. The fourth-order valence-electron chi connectivity index (χ4n) is 2.47. The van der Waals surface area contributed by atoms with Gasteiger partial charge in [-0.1, -0.05) is 25.3 Å². The second-order valence-corrected chi connectivity index (χ2v) is 4.91. The first-order valence-corrected chi connectivity index (χ1v) is 6.76. The third-order valence-corrected chi connectivity index (χ3v) is 3.87. The maximum Gasteiger partial charge on any atom is 0.339 e. The largest absolute Gasteiger partial charge is 0.478 e. The Balaban J connectivity index is 2.29. The summed E-state index contributed by atoms with van der Waals surface area (Å²) in [6.45, 7) is 0. The molecule has 1 fully saturated rings. The lowest BCUT2D eigenvalue weighted by Crippen LogP contribution is -2.07. The van der Waals surface area contributed by atoms with Gasteiger partial charge in [0.2, 0.25) is 0 Å². The Morgan fingerprint density at radius 2 is 2.00 bits per heavy atom. The molecule has 0 bridgehead atoms.